The van der Waals surface area contributed by atoms with Gasteiger partial charge in [-0.15, -0.1) is 0 Å². The van der Waals surface area contributed by atoms with Gasteiger partial charge in [-0.05, 0) is 36.6 Å². The van der Waals surface area contributed by atoms with E-state index in [0.29, 0.717) is 24.3 Å². The lowest BCUT2D eigenvalue weighted by molar-refractivity contribution is -0.128. The Bertz CT molecular complexity index is 724. The average molecular weight is 323 g/mol. The van der Waals surface area contributed by atoms with E-state index in [1.165, 1.54) is 12.1 Å². The predicted molar refractivity (Wildman–Crippen MR) is 79.8 cm³/mol. The Labute approximate surface area is 128 Å². The SMILES string of the molecule is O=C1Cc2cc(S(=O)(=O)NCC(=O)N3CCCC3)ccc2N1. The van der Waals surface area contributed by atoms with Crippen molar-refractivity contribution in [2.75, 3.05) is 25.0 Å². The molecule has 0 saturated carbocycles. The fraction of sp³-hybridized carbons (Fsp3) is 0.429. The lowest BCUT2D eigenvalue weighted by Crippen LogP contribution is -2.38. The molecule has 3 rings (SSSR count). The molecule has 22 heavy (non-hydrogen) atoms. The van der Waals surface area contributed by atoms with E-state index in [4.69, 9.17) is 0 Å². The fourth-order valence-electron chi connectivity index (χ4n) is 2.69. The van der Waals surface area contributed by atoms with E-state index in [2.05, 4.69) is 10.0 Å². The molecular formula is C14H17N3O4S. The number of amides is 2. The van der Waals surface area contributed by atoms with E-state index in [9.17, 15) is 18.0 Å². The topological polar surface area (TPSA) is 95.6 Å². The largest absolute Gasteiger partial charge is 0.342 e. The lowest BCUT2D eigenvalue weighted by Gasteiger charge is -2.15. The van der Waals surface area contributed by atoms with Gasteiger partial charge >= 0.3 is 0 Å². The quantitative estimate of drug-likeness (QED) is 0.820. The van der Waals surface area contributed by atoms with Crippen molar-refractivity contribution in [3.05, 3.63) is 23.8 Å². The first-order valence-electron chi connectivity index (χ1n) is 7.16. The van der Waals surface area contributed by atoms with Crippen LogP contribution in [0.15, 0.2) is 23.1 Å². The molecule has 1 fully saturated rings. The van der Waals surface area contributed by atoms with Crippen LogP contribution in [0.5, 0.6) is 0 Å². The number of anilines is 1. The highest BCUT2D eigenvalue weighted by Crippen LogP contribution is 2.25. The molecule has 0 radical (unpaired) electrons. The van der Waals surface area contributed by atoms with Crippen LogP contribution in [0.1, 0.15) is 18.4 Å². The maximum Gasteiger partial charge on any atom is 0.241 e. The fourth-order valence-corrected chi connectivity index (χ4v) is 3.72. The van der Waals surface area contributed by atoms with Crippen LogP contribution in [0.25, 0.3) is 0 Å². The van der Waals surface area contributed by atoms with Crippen molar-refractivity contribution in [2.45, 2.75) is 24.2 Å². The lowest BCUT2D eigenvalue weighted by atomic mass is 10.2. The minimum atomic E-state index is -3.76. The summed E-state index contributed by atoms with van der Waals surface area (Å²) in [7, 11) is -3.76. The Kier molecular flexibility index (Phi) is 3.88. The summed E-state index contributed by atoms with van der Waals surface area (Å²) in [6, 6.07) is 4.46. The summed E-state index contributed by atoms with van der Waals surface area (Å²) >= 11 is 0. The highest BCUT2D eigenvalue weighted by Gasteiger charge is 2.24. The number of carbonyl (C=O) groups is 2. The second-order valence-corrected chi connectivity index (χ2v) is 7.22. The minimum absolute atomic E-state index is 0.0666. The number of benzene rings is 1. The maximum atomic E-state index is 12.2. The first-order chi connectivity index (χ1) is 10.5. The minimum Gasteiger partial charge on any atom is -0.342 e. The standard InChI is InChI=1S/C14H17N3O4S/c18-13-8-10-7-11(3-4-12(10)16-13)22(20,21)15-9-14(19)17-5-1-2-6-17/h3-4,7,15H,1-2,5-6,8-9H2,(H,16,18). The number of nitrogens with zero attached hydrogens (tertiary/aromatic N) is 1. The summed E-state index contributed by atoms with van der Waals surface area (Å²) in [5.41, 5.74) is 1.29. The van der Waals surface area contributed by atoms with Crippen molar-refractivity contribution in [3.8, 4) is 0 Å². The zero-order chi connectivity index (χ0) is 15.7. The van der Waals surface area contributed by atoms with Gasteiger partial charge in [-0.3, -0.25) is 9.59 Å². The van der Waals surface area contributed by atoms with Gasteiger partial charge in [-0.1, -0.05) is 0 Å². The summed E-state index contributed by atoms with van der Waals surface area (Å²) in [6.45, 7) is 1.14. The molecular weight excluding hydrogens is 306 g/mol. The molecule has 2 heterocycles. The normalized spacial score (nSPS) is 17.5. The first-order valence-corrected chi connectivity index (χ1v) is 8.64. The molecule has 7 nitrogen and oxygen atoms in total. The van der Waals surface area contributed by atoms with Crippen LogP contribution in [0.3, 0.4) is 0 Å². The third kappa shape index (κ3) is 2.97. The molecule has 1 saturated heterocycles. The molecule has 0 bridgehead atoms. The van der Waals surface area contributed by atoms with Crippen LogP contribution in [0.4, 0.5) is 5.69 Å². The molecule has 2 amide bonds. The van der Waals surface area contributed by atoms with Crippen LogP contribution in [0, 0.1) is 0 Å². The van der Waals surface area contributed by atoms with Gasteiger partial charge in [-0.25, -0.2) is 13.1 Å². The molecule has 0 spiro atoms. The van der Waals surface area contributed by atoms with Gasteiger partial charge < -0.3 is 10.2 Å². The van der Waals surface area contributed by atoms with Crippen molar-refractivity contribution >= 4 is 27.5 Å². The smallest absolute Gasteiger partial charge is 0.241 e. The molecule has 2 aliphatic rings. The number of hydrogen-bond acceptors (Lipinski definition) is 4. The summed E-state index contributed by atoms with van der Waals surface area (Å²) in [5.74, 6) is -0.360. The molecule has 8 heteroatoms. The number of sulfonamides is 1. The maximum absolute atomic E-state index is 12.2. The van der Waals surface area contributed by atoms with E-state index >= 15 is 0 Å². The van der Waals surface area contributed by atoms with E-state index in [0.717, 1.165) is 12.8 Å². The zero-order valence-corrected chi connectivity index (χ0v) is 12.8. The molecule has 0 atom stereocenters. The first kappa shape index (κ1) is 15.0. The molecule has 118 valence electrons. The molecule has 0 aliphatic carbocycles. The Morgan fingerprint density at radius 1 is 1.27 bits per heavy atom. The Morgan fingerprint density at radius 3 is 2.73 bits per heavy atom. The van der Waals surface area contributed by atoms with Crippen molar-refractivity contribution in [1.29, 1.82) is 0 Å². The number of fused-ring (bicyclic) bond motifs is 1. The molecule has 1 aromatic rings. The molecule has 1 aromatic carbocycles. The van der Waals surface area contributed by atoms with E-state index in [-0.39, 0.29) is 29.7 Å². The van der Waals surface area contributed by atoms with Crippen LogP contribution < -0.4 is 10.0 Å². The van der Waals surface area contributed by atoms with Crippen LogP contribution >= 0.6 is 0 Å². The van der Waals surface area contributed by atoms with Gasteiger partial charge in [0.1, 0.15) is 0 Å². The Morgan fingerprint density at radius 2 is 2.00 bits per heavy atom. The Hall–Kier alpha value is -1.93. The van der Waals surface area contributed by atoms with Gasteiger partial charge in [0.15, 0.2) is 0 Å². The van der Waals surface area contributed by atoms with E-state index in [1.807, 2.05) is 0 Å². The monoisotopic (exact) mass is 323 g/mol. The Balaban J connectivity index is 1.69. The molecule has 2 N–H and O–H groups in total. The summed E-state index contributed by atoms with van der Waals surface area (Å²) in [5, 5.41) is 2.65. The second kappa shape index (κ2) is 5.69. The van der Waals surface area contributed by atoms with E-state index in [1.54, 1.807) is 11.0 Å². The number of likely N-dealkylation sites (tertiary alicyclic amines) is 1. The van der Waals surface area contributed by atoms with Crippen molar-refractivity contribution in [2.24, 2.45) is 0 Å². The average Bonchev–Trinajstić information content (AvgIpc) is 3.12. The van der Waals surface area contributed by atoms with Gasteiger partial charge in [0, 0.05) is 18.8 Å². The molecule has 0 unspecified atom stereocenters. The zero-order valence-electron chi connectivity index (χ0n) is 12.0. The van der Waals surface area contributed by atoms with Gasteiger partial charge in [0.25, 0.3) is 0 Å². The third-order valence-electron chi connectivity index (χ3n) is 3.88. The summed E-state index contributed by atoms with van der Waals surface area (Å²) < 4.78 is 26.8. The summed E-state index contributed by atoms with van der Waals surface area (Å²) in [4.78, 5) is 24.9. The van der Waals surface area contributed by atoms with E-state index < -0.39 is 10.0 Å². The van der Waals surface area contributed by atoms with Gasteiger partial charge in [-0.2, -0.15) is 0 Å². The van der Waals surface area contributed by atoms with Crippen molar-refractivity contribution in [1.82, 2.24) is 9.62 Å². The number of nitrogens with one attached hydrogen (secondary N) is 2. The number of rotatable bonds is 4. The predicted octanol–water partition coefficient (Wildman–Crippen LogP) is 0.0819. The van der Waals surface area contributed by atoms with Crippen molar-refractivity contribution in [3.63, 3.8) is 0 Å². The molecule has 0 aromatic heterocycles. The van der Waals surface area contributed by atoms with Crippen molar-refractivity contribution < 1.29 is 18.0 Å². The van der Waals surface area contributed by atoms with Gasteiger partial charge in [0.2, 0.25) is 21.8 Å². The number of hydrogen-bond donors (Lipinski definition) is 2. The highest BCUT2D eigenvalue weighted by atomic mass is 32.2. The second-order valence-electron chi connectivity index (χ2n) is 5.46. The van der Waals surface area contributed by atoms with Crippen LogP contribution in [-0.2, 0) is 26.0 Å². The van der Waals surface area contributed by atoms with Crippen LogP contribution in [-0.4, -0.2) is 44.8 Å². The van der Waals surface area contributed by atoms with Crippen LogP contribution in [0.2, 0.25) is 0 Å². The number of carbonyl (C=O) groups excluding carboxylic acids is 2. The highest BCUT2D eigenvalue weighted by molar-refractivity contribution is 7.89. The third-order valence-corrected chi connectivity index (χ3v) is 5.28. The summed E-state index contributed by atoms with van der Waals surface area (Å²) in [6.07, 6.45) is 2.10. The molecule has 2 aliphatic heterocycles. The van der Waals surface area contributed by atoms with Gasteiger partial charge in [0.05, 0.1) is 17.9 Å².